The van der Waals surface area contributed by atoms with E-state index in [1.165, 1.54) is 39.0 Å². The van der Waals surface area contributed by atoms with Crippen LogP contribution >= 0.6 is 0 Å². The van der Waals surface area contributed by atoms with Gasteiger partial charge in [0.25, 0.3) is 0 Å². The lowest BCUT2D eigenvalue weighted by Gasteiger charge is -2.29. The number of aryl methyl sites for hydroxylation is 4. The fraction of sp³-hybridized carbons (Fsp3) is 0.102. The fourth-order valence-corrected chi connectivity index (χ4v) is 8.09. The molecule has 1 N–H and O–H groups in total. The lowest BCUT2D eigenvalue weighted by Crippen LogP contribution is -2.13. The number of rotatable bonds is 5. The molecular formula is C49H38N2O2. The van der Waals surface area contributed by atoms with E-state index in [0.29, 0.717) is 0 Å². The van der Waals surface area contributed by atoms with Crippen LogP contribution in [0.4, 0.5) is 28.4 Å². The third kappa shape index (κ3) is 4.97. The van der Waals surface area contributed by atoms with Crippen LogP contribution in [0.3, 0.4) is 0 Å². The second-order valence-electron chi connectivity index (χ2n) is 14.5. The van der Waals surface area contributed by atoms with Gasteiger partial charge < -0.3 is 19.1 Å². The van der Waals surface area contributed by atoms with Crippen molar-refractivity contribution in [1.82, 2.24) is 0 Å². The third-order valence-corrected chi connectivity index (χ3v) is 11.1. The molecule has 0 bridgehead atoms. The molecule has 0 fully saturated rings. The van der Waals surface area contributed by atoms with Crippen LogP contribution in [0.1, 0.15) is 27.8 Å². The summed E-state index contributed by atoms with van der Waals surface area (Å²) in [6.45, 7) is 10.8. The van der Waals surface area contributed by atoms with Crippen LogP contribution < -0.4 is 10.2 Å². The number of para-hydroxylation sites is 2. The summed E-state index contributed by atoms with van der Waals surface area (Å²) in [6, 6.07) is 47.9. The maximum absolute atomic E-state index is 6.84. The molecule has 4 heteroatoms. The molecule has 0 radical (unpaired) electrons. The van der Waals surface area contributed by atoms with Gasteiger partial charge in [-0.25, -0.2) is 0 Å². The smallest absolute Gasteiger partial charge is 0.147 e. The van der Waals surface area contributed by atoms with E-state index in [4.69, 9.17) is 8.83 Å². The highest BCUT2D eigenvalue weighted by molar-refractivity contribution is 6.25. The first-order chi connectivity index (χ1) is 25.8. The Hall–Kier alpha value is -6.52. The molecule has 53 heavy (non-hydrogen) atoms. The molecule has 0 saturated carbocycles. The van der Waals surface area contributed by atoms with Gasteiger partial charge in [0.15, 0.2) is 0 Å². The summed E-state index contributed by atoms with van der Waals surface area (Å²) in [5.41, 5.74) is 15.1. The number of nitrogens with zero attached hydrogens (tertiary/aromatic N) is 1. The van der Waals surface area contributed by atoms with Gasteiger partial charge in [-0.15, -0.1) is 0 Å². The van der Waals surface area contributed by atoms with Gasteiger partial charge in [-0.2, -0.15) is 0 Å². The van der Waals surface area contributed by atoms with Crippen molar-refractivity contribution < 1.29 is 8.83 Å². The van der Waals surface area contributed by atoms with Crippen molar-refractivity contribution in [2.45, 2.75) is 34.6 Å². The highest BCUT2D eigenvalue weighted by atomic mass is 16.3. The average Bonchev–Trinajstić information content (AvgIpc) is 3.71. The first kappa shape index (κ1) is 31.2. The first-order valence-corrected chi connectivity index (χ1v) is 18.2. The van der Waals surface area contributed by atoms with Crippen molar-refractivity contribution in [2.75, 3.05) is 10.2 Å². The van der Waals surface area contributed by atoms with Crippen molar-refractivity contribution in [2.24, 2.45) is 0 Å². The summed E-state index contributed by atoms with van der Waals surface area (Å²) in [5, 5.41) is 12.5. The summed E-state index contributed by atoms with van der Waals surface area (Å²) in [5.74, 6) is 0. The Morgan fingerprint density at radius 3 is 1.92 bits per heavy atom. The molecule has 10 aromatic rings. The largest absolute Gasteiger partial charge is 0.456 e. The van der Waals surface area contributed by atoms with Gasteiger partial charge in [0, 0.05) is 44.6 Å². The van der Waals surface area contributed by atoms with Gasteiger partial charge in [-0.3, -0.25) is 0 Å². The van der Waals surface area contributed by atoms with E-state index >= 15 is 0 Å². The molecular weight excluding hydrogens is 649 g/mol. The number of hydrogen-bond acceptors (Lipinski definition) is 4. The molecule has 4 nitrogen and oxygen atoms in total. The Morgan fingerprint density at radius 2 is 1.11 bits per heavy atom. The highest BCUT2D eigenvalue weighted by Gasteiger charge is 2.21. The Kier molecular flexibility index (Phi) is 6.93. The molecule has 0 aliphatic rings. The number of benzene rings is 8. The summed E-state index contributed by atoms with van der Waals surface area (Å²) in [7, 11) is 0. The first-order valence-electron chi connectivity index (χ1n) is 18.2. The molecule has 0 spiro atoms. The van der Waals surface area contributed by atoms with Gasteiger partial charge in [0.05, 0.1) is 5.39 Å². The molecule has 2 aromatic heterocycles. The Balaban J connectivity index is 1.13. The highest BCUT2D eigenvalue weighted by Crippen LogP contribution is 2.45. The van der Waals surface area contributed by atoms with Crippen molar-refractivity contribution in [3.63, 3.8) is 0 Å². The van der Waals surface area contributed by atoms with E-state index in [9.17, 15) is 0 Å². The van der Waals surface area contributed by atoms with Crippen LogP contribution in [0.5, 0.6) is 0 Å². The molecule has 2 heterocycles. The maximum atomic E-state index is 6.84. The van der Waals surface area contributed by atoms with Gasteiger partial charge in [-0.05, 0) is 157 Å². The number of hydrogen-bond donors (Lipinski definition) is 1. The standard InChI is InChI=1S/C49H38N2O2/c1-28-13-10-16-44(32(28)5)51(43-15-9-7-12-30(43)3)38-20-18-34-24-39-40-21-31(4)48-47(49(40)53-45(39)27-36(34)23-38)41-25-33-17-19-37(22-35(33)26-46(41)52-48)50-42-14-8-6-11-29(42)2/h6-27,50H,1-5H3. The quantitative estimate of drug-likeness (QED) is 0.196. The topological polar surface area (TPSA) is 41.6 Å². The van der Waals surface area contributed by atoms with Crippen molar-refractivity contribution in [3.8, 4) is 0 Å². The summed E-state index contributed by atoms with van der Waals surface area (Å²) in [6.07, 6.45) is 0. The number of anilines is 5. The van der Waals surface area contributed by atoms with Crippen LogP contribution in [0.2, 0.25) is 0 Å². The van der Waals surface area contributed by atoms with Crippen LogP contribution in [-0.4, -0.2) is 0 Å². The molecule has 0 saturated heterocycles. The van der Waals surface area contributed by atoms with Gasteiger partial charge in [0.1, 0.15) is 22.3 Å². The minimum atomic E-state index is 0.856. The Bertz CT molecular complexity index is 3110. The number of furan rings is 2. The molecule has 10 rings (SSSR count). The lowest BCUT2D eigenvalue weighted by molar-refractivity contribution is 0.661. The molecule has 0 aliphatic carbocycles. The Morgan fingerprint density at radius 1 is 0.453 bits per heavy atom. The van der Waals surface area contributed by atoms with Crippen LogP contribution in [0, 0.1) is 34.6 Å². The number of fused-ring (bicyclic) bond motifs is 9. The lowest BCUT2D eigenvalue weighted by atomic mass is 10.0. The predicted molar refractivity (Wildman–Crippen MR) is 224 cm³/mol. The van der Waals surface area contributed by atoms with E-state index in [-0.39, 0.29) is 0 Å². The van der Waals surface area contributed by atoms with E-state index < -0.39 is 0 Å². The van der Waals surface area contributed by atoms with Crippen LogP contribution in [-0.2, 0) is 0 Å². The zero-order valence-electron chi connectivity index (χ0n) is 30.5. The second kappa shape index (κ2) is 11.8. The SMILES string of the molecule is Cc1ccccc1Nc1ccc2cc3c(cc2c1)oc1c(C)cc2c4cc5ccc(N(c6ccccc6C)c6cccc(C)c6C)cc5cc4oc2c13. The normalized spacial score (nSPS) is 11.9. The summed E-state index contributed by atoms with van der Waals surface area (Å²) in [4.78, 5) is 2.39. The summed E-state index contributed by atoms with van der Waals surface area (Å²) >= 11 is 0. The maximum Gasteiger partial charge on any atom is 0.147 e. The molecule has 8 aromatic carbocycles. The molecule has 256 valence electrons. The van der Waals surface area contributed by atoms with Gasteiger partial charge >= 0.3 is 0 Å². The van der Waals surface area contributed by atoms with Crippen molar-refractivity contribution >= 4 is 93.9 Å². The third-order valence-electron chi connectivity index (χ3n) is 11.1. The zero-order chi connectivity index (χ0) is 36.0. The molecule has 0 amide bonds. The van der Waals surface area contributed by atoms with E-state index in [0.717, 1.165) is 82.7 Å². The summed E-state index contributed by atoms with van der Waals surface area (Å²) < 4.78 is 13.5. The molecule has 0 unspecified atom stereocenters. The monoisotopic (exact) mass is 686 g/mol. The minimum absolute atomic E-state index is 0.856. The minimum Gasteiger partial charge on any atom is -0.456 e. The fourth-order valence-electron chi connectivity index (χ4n) is 8.09. The van der Waals surface area contributed by atoms with Crippen molar-refractivity contribution in [1.29, 1.82) is 0 Å². The van der Waals surface area contributed by atoms with Crippen LogP contribution in [0.15, 0.2) is 142 Å². The van der Waals surface area contributed by atoms with E-state index in [2.05, 4.69) is 178 Å². The predicted octanol–water partition coefficient (Wildman–Crippen LogP) is 14.5. The number of nitrogens with one attached hydrogen (secondary N) is 1. The Labute approximate surface area is 307 Å². The molecule has 0 atom stereocenters. The van der Waals surface area contributed by atoms with Gasteiger partial charge in [-0.1, -0.05) is 60.7 Å². The average molecular weight is 687 g/mol. The van der Waals surface area contributed by atoms with Crippen molar-refractivity contribution in [3.05, 3.63) is 161 Å². The molecule has 0 aliphatic heterocycles. The second-order valence-corrected chi connectivity index (χ2v) is 14.5. The van der Waals surface area contributed by atoms with Crippen LogP contribution in [0.25, 0.3) is 65.4 Å². The van der Waals surface area contributed by atoms with Gasteiger partial charge in [0.2, 0.25) is 0 Å². The van der Waals surface area contributed by atoms with E-state index in [1.54, 1.807) is 0 Å². The zero-order valence-corrected chi connectivity index (χ0v) is 30.5. The van der Waals surface area contributed by atoms with E-state index in [1.807, 2.05) is 0 Å².